The van der Waals surface area contributed by atoms with Crippen molar-refractivity contribution in [3.05, 3.63) is 81.5 Å². The van der Waals surface area contributed by atoms with E-state index < -0.39 is 5.97 Å². The van der Waals surface area contributed by atoms with Crippen LogP contribution in [0.5, 0.6) is 5.75 Å². The van der Waals surface area contributed by atoms with Gasteiger partial charge in [0.15, 0.2) is 5.70 Å². The number of cyclic esters (lactones) is 1. The largest absolute Gasteiger partial charge is 0.489 e. The Balaban J connectivity index is 1.86. The number of aliphatic imine (C=N–C) groups is 1. The van der Waals surface area contributed by atoms with Gasteiger partial charge in [0.2, 0.25) is 5.90 Å². The van der Waals surface area contributed by atoms with Gasteiger partial charge in [0.1, 0.15) is 12.4 Å². The van der Waals surface area contributed by atoms with Crippen molar-refractivity contribution in [1.29, 1.82) is 0 Å². The number of carbonyl (C=O) groups excluding carboxylic acids is 1. The van der Waals surface area contributed by atoms with Gasteiger partial charge in [0, 0.05) is 5.02 Å². The third-order valence-electron chi connectivity index (χ3n) is 3.43. The monoisotopic (exact) mass is 387 g/mol. The van der Waals surface area contributed by atoms with Crippen molar-refractivity contribution in [1.82, 2.24) is 0 Å². The molecule has 0 spiro atoms. The first-order chi connectivity index (χ1) is 12.4. The number of hydrogen-bond donors (Lipinski definition) is 0. The first-order valence-electron chi connectivity index (χ1n) is 7.77. The third kappa shape index (κ3) is 4.34. The number of halogens is 2. The second-order valence-electron chi connectivity index (χ2n) is 5.78. The fourth-order valence-electron chi connectivity index (χ4n) is 2.25. The Morgan fingerprint density at radius 2 is 2.08 bits per heavy atom. The van der Waals surface area contributed by atoms with E-state index in [9.17, 15) is 4.79 Å². The van der Waals surface area contributed by atoms with Gasteiger partial charge in [0.05, 0.1) is 10.6 Å². The van der Waals surface area contributed by atoms with Crippen LogP contribution in [0.3, 0.4) is 0 Å². The van der Waals surface area contributed by atoms with Gasteiger partial charge in [-0.15, -0.1) is 0 Å². The van der Waals surface area contributed by atoms with Crippen molar-refractivity contribution >= 4 is 41.1 Å². The maximum absolute atomic E-state index is 12.1. The number of rotatable bonds is 5. The molecule has 0 amide bonds. The first-order valence-corrected chi connectivity index (χ1v) is 8.53. The zero-order chi connectivity index (χ0) is 18.7. The van der Waals surface area contributed by atoms with Crippen molar-refractivity contribution in [2.45, 2.75) is 6.92 Å². The zero-order valence-electron chi connectivity index (χ0n) is 14.0. The van der Waals surface area contributed by atoms with Gasteiger partial charge in [-0.05, 0) is 54.5 Å². The molecule has 0 bridgehead atoms. The average molecular weight is 388 g/mol. The van der Waals surface area contributed by atoms with Crippen molar-refractivity contribution < 1.29 is 14.3 Å². The van der Waals surface area contributed by atoms with E-state index in [0.717, 1.165) is 11.1 Å². The lowest BCUT2D eigenvalue weighted by Gasteiger charge is -2.06. The second-order valence-corrected chi connectivity index (χ2v) is 6.62. The quantitative estimate of drug-likeness (QED) is 0.397. The number of carbonyl (C=O) groups is 1. The Labute approximate surface area is 161 Å². The van der Waals surface area contributed by atoms with Crippen LogP contribution in [0.25, 0.3) is 6.08 Å². The fraction of sp³-hybridized carbons (Fsp3) is 0.100. The van der Waals surface area contributed by atoms with Crippen LogP contribution >= 0.6 is 23.2 Å². The summed E-state index contributed by atoms with van der Waals surface area (Å²) in [5, 5.41) is 0.853. The van der Waals surface area contributed by atoms with E-state index in [2.05, 4.69) is 11.6 Å². The fourth-order valence-corrected chi connectivity index (χ4v) is 2.74. The Hall–Kier alpha value is -2.56. The summed E-state index contributed by atoms with van der Waals surface area (Å²) in [4.78, 5) is 16.4. The molecule has 4 nitrogen and oxygen atoms in total. The van der Waals surface area contributed by atoms with Crippen molar-refractivity contribution in [2.75, 3.05) is 6.61 Å². The predicted molar refractivity (Wildman–Crippen MR) is 104 cm³/mol. The van der Waals surface area contributed by atoms with Gasteiger partial charge < -0.3 is 9.47 Å². The molecule has 0 aliphatic carbocycles. The summed E-state index contributed by atoms with van der Waals surface area (Å²) in [6.07, 6.45) is 1.63. The molecule has 6 heteroatoms. The van der Waals surface area contributed by atoms with Crippen LogP contribution < -0.4 is 4.74 Å². The highest BCUT2D eigenvalue weighted by molar-refractivity contribution is 6.37. The van der Waals surface area contributed by atoms with Gasteiger partial charge in [-0.1, -0.05) is 41.9 Å². The number of ether oxygens (including phenoxy) is 2. The van der Waals surface area contributed by atoms with Gasteiger partial charge in [-0.3, -0.25) is 0 Å². The Morgan fingerprint density at radius 1 is 1.27 bits per heavy atom. The molecule has 0 N–H and O–H groups in total. The van der Waals surface area contributed by atoms with Crippen LogP contribution in [-0.2, 0) is 9.53 Å². The molecule has 0 atom stereocenters. The van der Waals surface area contributed by atoms with Gasteiger partial charge in [-0.25, -0.2) is 9.79 Å². The van der Waals surface area contributed by atoms with E-state index in [-0.39, 0.29) is 11.6 Å². The Bertz CT molecular complexity index is 948. The van der Waals surface area contributed by atoms with Gasteiger partial charge in [-0.2, -0.15) is 0 Å². The Morgan fingerprint density at radius 3 is 2.81 bits per heavy atom. The molecule has 0 saturated heterocycles. The zero-order valence-corrected chi connectivity index (χ0v) is 15.5. The summed E-state index contributed by atoms with van der Waals surface area (Å²) in [6.45, 7) is 6.12. The topological polar surface area (TPSA) is 47.9 Å². The number of hydrogen-bond acceptors (Lipinski definition) is 4. The second kappa shape index (κ2) is 7.77. The standard InChI is InChI=1S/C20H15Cl2NO3/c1-12(2)11-25-15-5-3-4-13(8-15)9-18-20(24)26-19(23-18)16-7-6-14(21)10-17(16)22/h3-10H,1,11H2,2H3/b18-9-. The van der Waals surface area contributed by atoms with Crippen LogP contribution in [0.4, 0.5) is 0 Å². The minimum Gasteiger partial charge on any atom is -0.489 e. The van der Waals surface area contributed by atoms with E-state index in [4.69, 9.17) is 32.7 Å². The van der Waals surface area contributed by atoms with Gasteiger partial charge >= 0.3 is 5.97 Å². The lowest BCUT2D eigenvalue weighted by molar-refractivity contribution is -0.129. The molecule has 0 radical (unpaired) electrons. The highest BCUT2D eigenvalue weighted by Crippen LogP contribution is 2.26. The van der Waals surface area contributed by atoms with E-state index >= 15 is 0 Å². The molecule has 132 valence electrons. The molecule has 0 saturated carbocycles. The molecular weight excluding hydrogens is 373 g/mol. The summed E-state index contributed by atoms with van der Waals surface area (Å²) < 4.78 is 10.8. The minimum atomic E-state index is -0.542. The average Bonchev–Trinajstić information content (AvgIpc) is 2.94. The summed E-state index contributed by atoms with van der Waals surface area (Å²) >= 11 is 12.0. The highest BCUT2D eigenvalue weighted by Gasteiger charge is 2.25. The summed E-state index contributed by atoms with van der Waals surface area (Å²) in [5.74, 6) is 0.288. The van der Waals surface area contributed by atoms with E-state index in [1.165, 1.54) is 0 Å². The summed E-state index contributed by atoms with van der Waals surface area (Å²) in [7, 11) is 0. The molecule has 0 unspecified atom stereocenters. The molecule has 0 fully saturated rings. The maximum Gasteiger partial charge on any atom is 0.363 e. The Kier molecular flexibility index (Phi) is 5.45. The minimum absolute atomic E-state index is 0.151. The normalized spacial score (nSPS) is 15.0. The van der Waals surface area contributed by atoms with E-state index in [1.807, 2.05) is 31.2 Å². The van der Waals surface area contributed by atoms with Crippen LogP contribution in [0.1, 0.15) is 18.1 Å². The van der Waals surface area contributed by atoms with Gasteiger partial charge in [0.25, 0.3) is 0 Å². The molecule has 1 heterocycles. The van der Waals surface area contributed by atoms with Crippen molar-refractivity contribution in [3.8, 4) is 5.75 Å². The molecule has 1 aliphatic heterocycles. The molecule has 1 aliphatic rings. The highest BCUT2D eigenvalue weighted by atomic mass is 35.5. The van der Waals surface area contributed by atoms with Crippen molar-refractivity contribution in [3.63, 3.8) is 0 Å². The SMILES string of the molecule is C=C(C)COc1cccc(/C=C2\N=C(c3ccc(Cl)cc3Cl)OC2=O)c1. The van der Waals surface area contributed by atoms with Crippen LogP contribution in [0, 0.1) is 0 Å². The molecule has 26 heavy (non-hydrogen) atoms. The first kappa shape index (κ1) is 18.2. The maximum atomic E-state index is 12.1. The molecule has 3 rings (SSSR count). The molecule has 0 aromatic heterocycles. The van der Waals surface area contributed by atoms with E-state index in [0.29, 0.717) is 28.0 Å². The van der Waals surface area contributed by atoms with E-state index in [1.54, 1.807) is 24.3 Å². The summed E-state index contributed by atoms with van der Waals surface area (Å²) in [6, 6.07) is 12.2. The number of nitrogens with zero attached hydrogens (tertiary/aromatic N) is 1. The molecule has 2 aromatic rings. The lowest BCUT2D eigenvalue weighted by atomic mass is 10.2. The van der Waals surface area contributed by atoms with Crippen molar-refractivity contribution in [2.24, 2.45) is 4.99 Å². The van der Waals surface area contributed by atoms with Crippen LogP contribution in [0.2, 0.25) is 10.0 Å². The molecular formula is C20H15Cl2NO3. The van der Waals surface area contributed by atoms with Crippen LogP contribution in [0.15, 0.2) is 65.3 Å². The molecule has 2 aromatic carbocycles. The third-order valence-corrected chi connectivity index (χ3v) is 3.98. The lowest BCUT2D eigenvalue weighted by Crippen LogP contribution is -2.05. The smallest absolute Gasteiger partial charge is 0.363 e. The predicted octanol–water partition coefficient (Wildman–Crippen LogP) is 5.29. The number of esters is 1. The van der Waals surface area contributed by atoms with Crippen LogP contribution in [-0.4, -0.2) is 18.5 Å². The number of benzene rings is 2. The summed E-state index contributed by atoms with van der Waals surface area (Å²) in [5.41, 5.74) is 2.38.